The van der Waals surface area contributed by atoms with Crippen molar-refractivity contribution in [3.05, 3.63) is 36.0 Å². The predicted molar refractivity (Wildman–Crippen MR) is 88.0 cm³/mol. The fourth-order valence-electron chi connectivity index (χ4n) is 3.13. The SMILES string of the molecule is COC(=O)Cc1cc(NC2CCCCC2)c2ccccc2n1. The van der Waals surface area contributed by atoms with Crippen LogP contribution in [0, 0.1) is 0 Å². The molecule has 1 aliphatic carbocycles. The van der Waals surface area contributed by atoms with Gasteiger partial charge in [0.25, 0.3) is 0 Å². The van der Waals surface area contributed by atoms with E-state index in [9.17, 15) is 4.79 Å². The maximum absolute atomic E-state index is 11.5. The third kappa shape index (κ3) is 3.38. The van der Waals surface area contributed by atoms with E-state index in [1.54, 1.807) is 0 Å². The molecule has 4 heteroatoms. The van der Waals surface area contributed by atoms with Gasteiger partial charge in [-0.2, -0.15) is 0 Å². The minimum Gasteiger partial charge on any atom is -0.469 e. The number of esters is 1. The molecule has 4 nitrogen and oxygen atoms in total. The second kappa shape index (κ2) is 6.77. The Morgan fingerprint density at radius 3 is 2.82 bits per heavy atom. The molecule has 3 rings (SSSR count). The highest BCUT2D eigenvalue weighted by Crippen LogP contribution is 2.27. The lowest BCUT2D eigenvalue weighted by Gasteiger charge is -2.24. The number of carbonyl (C=O) groups is 1. The topological polar surface area (TPSA) is 51.2 Å². The van der Waals surface area contributed by atoms with E-state index < -0.39 is 0 Å². The highest BCUT2D eigenvalue weighted by molar-refractivity contribution is 5.92. The van der Waals surface area contributed by atoms with Crippen molar-refractivity contribution in [2.45, 2.75) is 44.6 Å². The molecule has 1 fully saturated rings. The molecule has 1 saturated carbocycles. The average Bonchev–Trinajstić information content (AvgIpc) is 2.55. The number of anilines is 1. The zero-order valence-corrected chi connectivity index (χ0v) is 13.0. The Bertz CT molecular complexity index is 663. The molecule has 0 unspecified atom stereocenters. The van der Waals surface area contributed by atoms with Crippen LogP contribution in [-0.4, -0.2) is 24.1 Å². The Morgan fingerprint density at radius 1 is 1.27 bits per heavy atom. The van der Waals surface area contributed by atoms with Gasteiger partial charge in [-0.05, 0) is 25.0 Å². The minimum atomic E-state index is -0.258. The molecule has 1 aromatic carbocycles. The van der Waals surface area contributed by atoms with E-state index in [0.717, 1.165) is 22.3 Å². The van der Waals surface area contributed by atoms with Crippen molar-refractivity contribution < 1.29 is 9.53 Å². The number of hydrogen-bond donors (Lipinski definition) is 1. The van der Waals surface area contributed by atoms with Crippen LogP contribution in [0.2, 0.25) is 0 Å². The van der Waals surface area contributed by atoms with Gasteiger partial charge in [-0.1, -0.05) is 37.5 Å². The fourth-order valence-corrected chi connectivity index (χ4v) is 3.13. The van der Waals surface area contributed by atoms with Crippen molar-refractivity contribution in [1.29, 1.82) is 0 Å². The first-order chi connectivity index (χ1) is 10.8. The number of fused-ring (bicyclic) bond motifs is 1. The molecular formula is C18H22N2O2. The normalized spacial score (nSPS) is 15.7. The number of nitrogens with zero attached hydrogens (tertiary/aromatic N) is 1. The van der Waals surface area contributed by atoms with Gasteiger partial charge in [0.05, 0.1) is 24.7 Å². The van der Waals surface area contributed by atoms with Crippen LogP contribution in [0.25, 0.3) is 10.9 Å². The number of carbonyl (C=O) groups excluding carboxylic acids is 1. The number of pyridine rings is 1. The van der Waals surface area contributed by atoms with Gasteiger partial charge in [0, 0.05) is 17.1 Å². The zero-order valence-electron chi connectivity index (χ0n) is 13.0. The molecule has 0 amide bonds. The number of ether oxygens (including phenoxy) is 1. The van der Waals surface area contributed by atoms with E-state index in [1.807, 2.05) is 24.3 Å². The van der Waals surface area contributed by atoms with Crippen molar-refractivity contribution in [3.63, 3.8) is 0 Å². The lowest BCUT2D eigenvalue weighted by Crippen LogP contribution is -2.22. The summed E-state index contributed by atoms with van der Waals surface area (Å²) in [6, 6.07) is 10.6. The zero-order chi connectivity index (χ0) is 15.4. The first kappa shape index (κ1) is 14.8. The number of methoxy groups -OCH3 is 1. The van der Waals surface area contributed by atoms with Crippen LogP contribution in [0.4, 0.5) is 5.69 Å². The van der Waals surface area contributed by atoms with E-state index in [2.05, 4.69) is 16.4 Å². The Kier molecular flexibility index (Phi) is 4.56. The molecule has 2 aromatic rings. The summed E-state index contributed by atoms with van der Waals surface area (Å²) < 4.78 is 4.76. The number of benzene rings is 1. The van der Waals surface area contributed by atoms with Gasteiger partial charge in [0.2, 0.25) is 0 Å². The molecule has 0 atom stereocenters. The third-order valence-corrected chi connectivity index (χ3v) is 4.29. The molecule has 1 N–H and O–H groups in total. The van der Waals surface area contributed by atoms with Crippen LogP contribution in [0.1, 0.15) is 37.8 Å². The van der Waals surface area contributed by atoms with Crippen molar-refractivity contribution in [2.75, 3.05) is 12.4 Å². The Hall–Kier alpha value is -2.10. The van der Waals surface area contributed by atoms with Gasteiger partial charge in [-0.15, -0.1) is 0 Å². The smallest absolute Gasteiger partial charge is 0.311 e. The maximum Gasteiger partial charge on any atom is 0.311 e. The van der Waals surface area contributed by atoms with Crippen LogP contribution >= 0.6 is 0 Å². The number of hydrogen-bond acceptors (Lipinski definition) is 4. The summed E-state index contributed by atoms with van der Waals surface area (Å²) in [5.41, 5.74) is 2.75. The maximum atomic E-state index is 11.5. The van der Waals surface area contributed by atoms with Crippen LogP contribution in [0.5, 0.6) is 0 Å². The number of aromatic nitrogens is 1. The summed E-state index contributed by atoms with van der Waals surface area (Å²) in [4.78, 5) is 16.1. The summed E-state index contributed by atoms with van der Waals surface area (Å²) in [5, 5.41) is 4.78. The Morgan fingerprint density at radius 2 is 2.05 bits per heavy atom. The van der Waals surface area contributed by atoms with Crippen molar-refractivity contribution in [3.8, 4) is 0 Å². The summed E-state index contributed by atoms with van der Waals surface area (Å²) in [6.07, 6.45) is 6.54. The van der Waals surface area contributed by atoms with Gasteiger partial charge in [0.1, 0.15) is 0 Å². The quantitative estimate of drug-likeness (QED) is 0.875. The van der Waals surface area contributed by atoms with E-state index in [0.29, 0.717) is 6.04 Å². The second-order valence-electron chi connectivity index (χ2n) is 5.91. The molecule has 1 aromatic heterocycles. The number of nitrogens with one attached hydrogen (secondary N) is 1. The van der Waals surface area contributed by atoms with E-state index in [4.69, 9.17) is 4.74 Å². The first-order valence-corrected chi connectivity index (χ1v) is 7.98. The van der Waals surface area contributed by atoms with Crippen LogP contribution < -0.4 is 5.32 Å². The molecule has 22 heavy (non-hydrogen) atoms. The van der Waals surface area contributed by atoms with Crippen molar-refractivity contribution >= 4 is 22.6 Å². The summed E-state index contributed by atoms with van der Waals surface area (Å²) in [7, 11) is 1.41. The first-order valence-electron chi connectivity index (χ1n) is 7.98. The molecule has 1 heterocycles. The van der Waals surface area contributed by atoms with E-state index >= 15 is 0 Å². The van der Waals surface area contributed by atoms with Gasteiger partial charge >= 0.3 is 5.97 Å². The third-order valence-electron chi connectivity index (χ3n) is 4.29. The van der Waals surface area contributed by atoms with Gasteiger partial charge in [0.15, 0.2) is 0 Å². The molecule has 0 spiro atoms. The van der Waals surface area contributed by atoms with Crippen molar-refractivity contribution in [2.24, 2.45) is 0 Å². The average molecular weight is 298 g/mol. The Labute approximate surface area is 130 Å². The molecule has 0 aliphatic heterocycles. The van der Waals surface area contributed by atoms with Gasteiger partial charge in [-0.3, -0.25) is 9.78 Å². The monoisotopic (exact) mass is 298 g/mol. The minimum absolute atomic E-state index is 0.209. The summed E-state index contributed by atoms with van der Waals surface area (Å²) in [6.45, 7) is 0. The molecule has 1 aliphatic rings. The lowest BCUT2D eigenvalue weighted by atomic mass is 9.95. The van der Waals surface area contributed by atoms with Crippen LogP contribution in [-0.2, 0) is 16.0 Å². The summed E-state index contributed by atoms with van der Waals surface area (Å²) in [5.74, 6) is -0.258. The molecular weight excluding hydrogens is 276 g/mol. The van der Waals surface area contributed by atoms with Crippen molar-refractivity contribution in [1.82, 2.24) is 4.98 Å². The number of rotatable bonds is 4. The molecule has 0 radical (unpaired) electrons. The van der Waals surface area contributed by atoms with Crippen LogP contribution in [0.15, 0.2) is 30.3 Å². The highest BCUT2D eigenvalue weighted by Gasteiger charge is 2.15. The Balaban J connectivity index is 1.92. The standard InChI is InChI=1S/C18H22N2O2/c1-22-18(21)12-14-11-17(19-13-7-3-2-4-8-13)15-9-5-6-10-16(15)20-14/h5-6,9-11,13H,2-4,7-8,12H2,1H3,(H,19,20). The summed E-state index contributed by atoms with van der Waals surface area (Å²) >= 11 is 0. The molecule has 0 saturated heterocycles. The predicted octanol–water partition coefficient (Wildman–Crippen LogP) is 3.69. The second-order valence-corrected chi connectivity index (χ2v) is 5.91. The lowest BCUT2D eigenvalue weighted by molar-refractivity contribution is -0.139. The van der Waals surface area contributed by atoms with E-state index in [-0.39, 0.29) is 12.4 Å². The highest BCUT2D eigenvalue weighted by atomic mass is 16.5. The molecule has 0 bridgehead atoms. The largest absolute Gasteiger partial charge is 0.469 e. The van der Waals surface area contributed by atoms with Crippen LogP contribution in [0.3, 0.4) is 0 Å². The molecule has 116 valence electrons. The van der Waals surface area contributed by atoms with Gasteiger partial charge in [-0.25, -0.2) is 0 Å². The fraction of sp³-hybridized carbons (Fsp3) is 0.444. The number of para-hydroxylation sites is 1. The van der Waals surface area contributed by atoms with Gasteiger partial charge < -0.3 is 10.1 Å². The van der Waals surface area contributed by atoms with E-state index in [1.165, 1.54) is 39.2 Å².